The Balaban J connectivity index is 1.72. The van der Waals surface area contributed by atoms with Crippen molar-refractivity contribution in [1.82, 2.24) is 4.98 Å². The summed E-state index contributed by atoms with van der Waals surface area (Å²) in [6.45, 7) is 15.0. The smallest absolute Gasteiger partial charge is 0.302 e. The van der Waals surface area contributed by atoms with Crippen molar-refractivity contribution >= 4 is 33.8 Å². The van der Waals surface area contributed by atoms with Gasteiger partial charge in [0.25, 0.3) is 0 Å². The maximum absolute atomic E-state index is 12.0. The van der Waals surface area contributed by atoms with Crippen LogP contribution in [0.25, 0.3) is 6.08 Å². The monoisotopic (exact) mass is 731 g/mol. The van der Waals surface area contributed by atoms with Crippen molar-refractivity contribution in [2.24, 2.45) is 23.7 Å². The third kappa shape index (κ3) is 12.1. The van der Waals surface area contributed by atoms with Crippen molar-refractivity contribution in [1.29, 1.82) is 0 Å². The topological polar surface area (TPSA) is 128 Å². The number of carbonyl (C=O) groups is 2. The molecule has 0 spiro atoms. The van der Waals surface area contributed by atoms with Crippen LogP contribution in [0, 0.1) is 23.7 Å². The number of hydrogen-bond acceptors (Lipinski definition) is 9. The number of hydrogen-bond donors (Lipinski definition) is 2. The first-order chi connectivity index (χ1) is 22.6. The van der Waals surface area contributed by atoms with Crippen LogP contribution in [0.15, 0.2) is 63.3 Å². The lowest BCUT2D eigenvalue weighted by atomic mass is 9.79. The van der Waals surface area contributed by atoms with Gasteiger partial charge in [0.2, 0.25) is 0 Å². The van der Waals surface area contributed by atoms with Crippen LogP contribution in [-0.4, -0.2) is 63.3 Å². The van der Waals surface area contributed by atoms with Gasteiger partial charge in [-0.05, 0) is 74.6 Å². The Kier molecular flexibility index (Phi) is 15.2. The fourth-order valence-electron chi connectivity index (χ4n) is 6.71. The Hall–Kier alpha value is -2.63. The van der Waals surface area contributed by atoms with Gasteiger partial charge in [0.1, 0.15) is 18.1 Å². The molecule has 2 saturated heterocycles. The number of ether oxygens (including phenoxy) is 3. The average molecular weight is 733 g/mol. The molecule has 1 aromatic rings. The predicted octanol–water partition coefficient (Wildman–Crippen LogP) is 7.43. The van der Waals surface area contributed by atoms with Gasteiger partial charge in [-0.3, -0.25) is 9.59 Å². The number of aliphatic hydroxyl groups excluding tert-OH is 1. The van der Waals surface area contributed by atoms with Crippen LogP contribution in [0.3, 0.4) is 0 Å². The van der Waals surface area contributed by atoms with E-state index in [9.17, 15) is 19.8 Å². The lowest BCUT2D eigenvalue weighted by molar-refractivity contribution is -0.276. The van der Waals surface area contributed by atoms with E-state index in [1.165, 1.54) is 26.2 Å². The van der Waals surface area contributed by atoms with Crippen molar-refractivity contribution < 1.29 is 38.4 Å². The molecule has 0 aliphatic carbocycles. The zero-order valence-corrected chi connectivity index (χ0v) is 31.2. The van der Waals surface area contributed by atoms with E-state index < -0.39 is 18.0 Å². The lowest BCUT2D eigenvalue weighted by Gasteiger charge is -2.44. The number of allylic oxidation sites excluding steroid dienone is 5. The van der Waals surface area contributed by atoms with Gasteiger partial charge >= 0.3 is 5.97 Å². The number of aromatic nitrogens is 1. The maximum atomic E-state index is 12.0. The molecule has 0 amide bonds. The number of halogens is 1. The largest absolute Gasteiger partial charge is 0.462 e. The van der Waals surface area contributed by atoms with Crippen LogP contribution in [0.1, 0.15) is 92.7 Å². The summed E-state index contributed by atoms with van der Waals surface area (Å²) in [6.07, 6.45) is 14.7. The fourth-order valence-corrected chi connectivity index (χ4v) is 6.92. The van der Waals surface area contributed by atoms with Gasteiger partial charge in [-0.2, -0.15) is 0 Å². The molecule has 0 aromatic carbocycles. The molecule has 10 heteroatoms. The quantitative estimate of drug-likeness (QED) is 0.114. The SMILES string of the molecule is CC(=O)/C=C/C[C@H]1O[C@@H](/C(C)=C/c2coc(C[C@]3(O)C[C@H](C)C[C@H]([C@H](O)/C=C(C)/C=C/[C@H](C)C/C=C/Br)O3)n2)[C@H](C)[C@@H](OC(C)=O)[C@H]1C. The van der Waals surface area contributed by atoms with Crippen molar-refractivity contribution in [2.45, 2.75) is 124 Å². The third-order valence-corrected chi connectivity index (χ3v) is 9.41. The first kappa shape index (κ1) is 39.8. The van der Waals surface area contributed by atoms with E-state index in [2.05, 4.69) is 40.0 Å². The highest BCUT2D eigenvalue weighted by Crippen LogP contribution is 2.38. The van der Waals surface area contributed by atoms with Crippen LogP contribution in [0.5, 0.6) is 0 Å². The Morgan fingerprint density at radius 2 is 1.88 bits per heavy atom. The number of carbonyl (C=O) groups excluding carboxylic acids is 2. The Morgan fingerprint density at radius 3 is 2.54 bits per heavy atom. The summed E-state index contributed by atoms with van der Waals surface area (Å²) < 4.78 is 24.2. The van der Waals surface area contributed by atoms with Gasteiger partial charge in [-0.15, -0.1) is 0 Å². The second-order valence-electron chi connectivity index (χ2n) is 13.8. The van der Waals surface area contributed by atoms with E-state index in [-0.39, 0.29) is 54.2 Å². The predicted molar refractivity (Wildman–Crippen MR) is 190 cm³/mol. The van der Waals surface area contributed by atoms with E-state index in [4.69, 9.17) is 18.6 Å². The summed E-state index contributed by atoms with van der Waals surface area (Å²) in [5, 5.41) is 22.5. The molecule has 2 N–H and O–H groups in total. The van der Waals surface area contributed by atoms with E-state index in [0.717, 1.165) is 17.6 Å². The summed E-state index contributed by atoms with van der Waals surface area (Å²) in [7, 11) is 0. The molecule has 0 unspecified atom stereocenters. The zero-order valence-electron chi connectivity index (χ0n) is 29.6. The highest BCUT2D eigenvalue weighted by Gasteiger charge is 2.44. The Morgan fingerprint density at radius 1 is 1.15 bits per heavy atom. The minimum atomic E-state index is -1.55. The summed E-state index contributed by atoms with van der Waals surface area (Å²) in [4.78, 5) is 29.9. The molecule has 2 aliphatic rings. The molecule has 2 aliphatic heterocycles. The average Bonchev–Trinajstić information content (AvgIpc) is 3.42. The molecular formula is C38H54BrNO8. The normalized spacial score (nSPS) is 31.9. The summed E-state index contributed by atoms with van der Waals surface area (Å²) in [5.41, 5.74) is 2.36. The number of nitrogens with zero attached hydrogens (tertiary/aromatic N) is 1. The Bertz CT molecular complexity index is 1380. The van der Waals surface area contributed by atoms with Crippen LogP contribution < -0.4 is 0 Å². The molecule has 3 heterocycles. The zero-order chi connectivity index (χ0) is 35.6. The summed E-state index contributed by atoms with van der Waals surface area (Å²) in [5.74, 6) is -1.36. The number of ketones is 1. The minimum Gasteiger partial charge on any atom is -0.462 e. The van der Waals surface area contributed by atoms with Crippen LogP contribution in [0.4, 0.5) is 0 Å². The minimum absolute atomic E-state index is 0.0293. The number of aliphatic hydroxyl groups is 2. The number of esters is 1. The second-order valence-corrected chi connectivity index (χ2v) is 14.4. The van der Waals surface area contributed by atoms with Gasteiger partial charge < -0.3 is 28.8 Å². The molecule has 3 rings (SSSR count). The molecule has 1 aromatic heterocycles. The molecule has 266 valence electrons. The second kappa shape index (κ2) is 18.4. The first-order valence-electron chi connectivity index (χ1n) is 16.9. The van der Waals surface area contributed by atoms with Crippen molar-refractivity contribution in [3.63, 3.8) is 0 Å². The molecule has 0 saturated carbocycles. The van der Waals surface area contributed by atoms with Crippen molar-refractivity contribution in [2.75, 3.05) is 0 Å². The molecule has 0 radical (unpaired) electrons. The third-order valence-electron chi connectivity index (χ3n) is 9.04. The van der Waals surface area contributed by atoms with Crippen LogP contribution in [-0.2, 0) is 30.2 Å². The van der Waals surface area contributed by atoms with Gasteiger partial charge in [-0.25, -0.2) is 4.98 Å². The van der Waals surface area contributed by atoms with Gasteiger partial charge in [-0.1, -0.05) is 79.6 Å². The van der Waals surface area contributed by atoms with Gasteiger partial charge in [0, 0.05) is 25.2 Å². The molecule has 9 nitrogen and oxygen atoms in total. The van der Waals surface area contributed by atoms with Crippen molar-refractivity contribution in [3.05, 3.63) is 70.4 Å². The maximum Gasteiger partial charge on any atom is 0.302 e. The van der Waals surface area contributed by atoms with E-state index in [1.54, 1.807) is 12.2 Å². The number of rotatable bonds is 14. The molecule has 10 atom stereocenters. The summed E-state index contributed by atoms with van der Waals surface area (Å²) >= 11 is 3.30. The van der Waals surface area contributed by atoms with E-state index in [0.29, 0.717) is 36.8 Å². The first-order valence-corrected chi connectivity index (χ1v) is 17.8. The van der Waals surface area contributed by atoms with Crippen LogP contribution in [0.2, 0.25) is 0 Å². The van der Waals surface area contributed by atoms with Gasteiger partial charge in [0.15, 0.2) is 17.5 Å². The number of oxazole rings is 1. The fraction of sp³-hybridized carbons (Fsp3) is 0.605. The standard InChI is InChI=1S/C38H54BrNO8/c1-23(11-10-16-39)14-15-24(2)17-32(43)34-18-25(3)20-38(44,48-34)21-35-40-31(22-45-35)19-26(4)36-29(7)37(46-30(8)42)28(6)33(47-36)13-9-12-27(5)41/h9-10,12,14-17,19,22-23,25,28-29,32-34,36-37,43-44H,11,13,18,20-21H2,1-8H3/b12-9+,15-14+,16-10+,24-17+,26-19+/t23-,25-,28+,29+,32-,33-,34-,36+,37+,38+/m1/s1. The highest BCUT2D eigenvalue weighted by molar-refractivity contribution is 9.11. The highest BCUT2D eigenvalue weighted by atomic mass is 79.9. The van der Waals surface area contributed by atoms with E-state index in [1.807, 2.05) is 51.8 Å². The van der Waals surface area contributed by atoms with E-state index >= 15 is 0 Å². The Labute approximate surface area is 294 Å². The molecule has 2 fully saturated rings. The molecule has 0 bridgehead atoms. The van der Waals surface area contributed by atoms with Crippen LogP contribution >= 0.6 is 15.9 Å². The summed E-state index contributed by atoms with van der Waals surface area (Å²) in [6, 6.07) is 0. The van der Waals surface area contributed by atoms with Gasteiger partial charge in [0.05, 0.1) is 30.8 Å². The molecular weight excluding hydrogens is 678 g/mol. The lowest BCUT2D eigenvalue weighted by Crippen LogP contribution is -2.50. The molecule has 48 heavy (non-hydrogen) atoms. The van der Waals surface area contributed by atoms with Crippen molar-refractivity contribution in [3.8, 4) is 0 Å².